The van der Waals surface area contributed by atoms with Gasteiger partial charge in [-0.25, -0.2) is 9.69 Å². The van der Waals surface area contributed by atoms with Crippen LogP contribution in [-0.2, 0) is 16.1 Å². The molecular weight excluding hydrogens is 302 g/mol. The van der Waals surface area contributed by atoms with Gasteiger partial charge in [-0.2, -0.15) is 0 Å². The van der Waals surface area contributed by atoms with E-state index in [0.29, 0.717) is 0 Å². The molecule has 1 aliphatic heterocycles. The van der Waals surface area contributed by atoms with Crippen molar-refractivity contribution in [3.8, 4) is 0 Å². The molecule has 0 aliphatic carbocycles. The zero-order valence-corrected chi connectivity index (χ0v) is 13.9. The van der Waals surface area contributed by atoms with Crippen molar-refractivity contribution in [3.05, 3.63) is 71.8 Å². The molecular formula is C20H21NO3. The molecule has 2 atom stereocenters. The van der Waals surface area contributed by atoms with Gasteiger partial charge >= 0.3 is 6.09 Å². The van der Waals surface area contributed by atoms with Crippen molar-refractivity contribution < 1.29 is 14.3 Å². The average molecular weight is 323 g/mol. The summed E-state index contributed by atoms with van der Waals surface area (Å²) in [5.41, 5.74) is 1.86. The molecule has 1 aliphatic rings. The van der Waals surface area contributed by atoms with Crippen molar-refractivity contribution in [3.63, 3.8) is 0 Å². The number of nitrogens with zero attached hydrogens (tertiary/aromatic N) is 1. The normalized spacial score (nSPS) is 20.0. The van der Waals surface area contributed by atoms with E-state index in [1.165, 1.54) is 4.90 Å². The van der Waals surface area contributed by atoms with Crippen molar-refractivity contribution in [1.29, 1.82) is 0 Å². The molecule has 0 bridgehead atoms. The minimum absolute atomic E-state index is 0.156. The van der Waals surface area contributed by atoms with E-state index in [-0.39, 0.29) is 30.4 Å². The molecule has 24 heavy (non-hydrogen) atoms. The van der Waals surface area contributed by atoms with Gasteiger partial charge in [0.15, 0.2) is 0 Å². The van der Waals surface area contributed by atoms with E-state index < -0.39 is 6.09 Å². The number of carbonyl (C=O) groups is 2. The van der Waals surface area contributed by atoms with Crippen LogP contribution in [0.5, 0.6) is 0 Å². The monoisotopic (exact) mass is 323 g/mol. The molecule has 2 aromatic rings. The Morgan fingerprint density at radius 1 is 1.04 bits per heavy atom. The smallest absolute Gasteiger partial charge is 0.417 e. The van der Waals surface area contributed by atoms with Crippen LogP contribution >= 0.6 is 0 Å². The molecule has 0 saturated carbocycles. The lowest BCUT2D eigenvalue weighted by molar-refractivity contribution is -0.156. The van der Waals surface area contributed by atoms with Gasteiger partial charge in [-0.1, -0.05) is 74.5 Å². The first-order valence-corrected chi connectivity index (χ1v) is 8.18. The molecule has 3 rings (SSSR count). The van der Waals surface area contributed by atoms with Gasteiger partial charge in [0.25, 0.3) is 0 Å². The van der Waals surface area contributed by atoms with Crippen LogP contribution in [0.25, 0.3) is 0 Å². The summed E-state index contributed by atoms with van der Waals surface area (Å²) < 4.78 is 5.35. The van der Waals surface area contributed by atoms with E-state index in [2.05, 4.69) is 0 Å². The Morgan fingerprint density at radius 2 is 1.62 bits per heavy atom. The number of rotatable bonds is 4. The minimum Gasteiger partial charge on any atom is -0.444 e. The first-order chi connectivity index (χ1) is 11.6. The molecule has 124 valence electrons. The van der Waals surface area contributed by atoms with Crippen LogP contribution in [0.15, 0.2) is 60.7 Å². The van der Waals surface area contributed by atoms with Gasteiger partial charge in [0.05, 0.1) is 12.0 Å². The molecule has 0 aromatic heterocycles. The number of ether oxygens (including phenoxy) is 1. The predicted octanol–water partition coefficient (Wildman–Crippen LogP) is 4.18. The zero-order chi connectivity index (χ0) is 17.1. The highest BCUT2D eigenvalue weighted by Gasteiger charge is 2.53. The third-order valence-electron chi connectivity index (χ3n) is 4.40. The van der Waals surface area contributed by atoms with Crippen LogP contribution in [0.1, 0.15) is 31.0 Å². The van der Waals surface area contributed by atoms with Gasteiger partial charge in [-0.3, -0.25) is 4.79 Å². The fourth-order valence-corrected chi connectivity index (χ4v) is 3.16. The van der Waals surface area contributed by atoms with E-state index in [0.717, 1.165) is 11.1 Å². The quantitative estimate of drug-likeness (QED) is 0.793. The number of amides is 2. The van der Waals surface area contributed by atoms with Crippen molar-refractivity contribution >= 4 is 12.0 Å². The summed E-state index contributed by atoms with van der Waals surface area (Å²) in [6, 6.07) is 18.9. The van der Waals surface area contributed by atoms with E-state index >= 15 is 0 Å². The minimum atomic E-state index is -0.574. The third-order valence-corrected chi connectivity index (χ3v) is 4.40. The summed E-state index contributed by atoms with van der Waals surface area (Å²) >= 11 is 0. The number of imide groups is 1. The Morgan fingerprint density at radius 3 is 2.21 bits per heavy atom. The number of likely N-dealkylation sites (tertiary alicyclic amines) is 1. The summed E-state index contributed by atoms with van der Waals surface area (Å²) in [6.07, 6.45) is -0.574. The summed E-state index contributed by atoms with van der Waals surface area (Å²) in [6.45, 7) is 4.17. The number of hydrogen-bond donors (Lipinski definition) is 0. The number of carbonyl (C=O) groups excluding carboxylic acids is 2. The lowest BCUT2D eigenvalue weighted by atomic mass is 9.76. The lowest BCUT2D eigenvalue weighted by Crippen LogP contribution is -2.59. The number of β-lactam (4-membered cyclic amide) rings is 1. The average Bonchev–Trinajstić information content (AvgIpc) is 2.59. The summed E-state index contributed by atoms with van der Waals surface area (Å²) in [4.78, 5) is 26.2. The van der Waals surface area contributed by atoms with Gasteiger partial charge < -0.3 is 4.74 Å². The van der Waals surface area contributed by atoms with Gasteiger partial charge in [0.1, 0.15) is 6.61 Å². The highest BCUT2D eigenvalue weighted by atomic mass is 16.6. The Balaban J connectivity index is 1.75. The Labute approximate surface area is 142 Å². The van der Waals surface area contributed by atoms with Crippen LogP contribution < -0.4 is 0 Å². The van der Waals surface area contributed by atoms with Crippen LogP contribution in [-0.4, -0.2) is 16.9 Å². The second-order valence-corrected chi connectivity index (χ2v) is 6.37. The fourth-order valence-electron chi connectivity index (χ4n) is 3.16. The standard InChI is InChI=1S/C20H21NO3/c1-14(2)17-18(16-11-7-4-8-12-16)21(19(17)22)20(23)24-13-15-9-5-3-6-10-15/h3-12,14,17-18H,13H2,1-2H3/t17-,18+/m1/s1. The van der Waals surface area contributed by atoms with Crippen molar-refractivity contribution in [1.82, 2.24) is 4.90 Å². The molecule has 0 unspecified atom stereocenters. The third kappa shape index (κ3) is 3.04. The molecule has 1 saturated heterocycles. The van der Waals surface area contributed by atoms with Crippen LogP contribution in [0.4, 0.5) is 4.79 Å². The predicted molar refractivity (Wildman–Crippen MR) is 91.0 cm³/mol. The maximum Gasteiger partial charge on any atom is 0.417 e. The SMILES string of the molecule is CC(C)[C@H]1C(=O)N(C(=O)OCc2ccccc2)[C@H]1c1ccccc1. The number of benzene rings is 2. The summed E-state index contributed by atoms with van der Waals surface area (Å²) in [5, 5.41) is 0. The van der Waals surface area contributed by atoms with Crippen LogP contribution in [0.3, 0.4) is 0 Å². The summed E-state index contributed by atoms with van der Waals surface area (Å²) in [7, 11) is 0. The van der Waals surface area contributed by atoms with Gasteiger partial charge in [0.2, 0.25) is 5.91 Å². The lowest BCUT2D eigenvalue weighted by Gasteiger charge is -2.46. The Hall–Kier alpha value is -2.62. The zero-order valence-electron chi connectivity index (χ0n) is 13.9. The second kappa shape index (κ2) is 6.87. The maximum atomic E-state index is 12.5. The Bertz CT molecular complexity index is 712. The molecule has 0 radical (unpaired) electrons. The molecule has 0 spiro atoms. The molecule has 0 N–H and O–H groups in total. The van der Waals surface area contributed by atoms with Crippen molar-refractivity contribution in [2.45, 2.75) is 26.5 Å². The molecule has 1 fully saturated rings. The van der Waals surface area contributed by atoms with Crippen LogP contribution in [0, 0.1) is 11.8 Å². The number of hydrogen-bond acceptors (Lipinski definition) is 3. The van der Waals surface area contributed by atoms with Crippen molar-refractivity contribution in [2.75, 3.05) is 0 Å². The van der Waals surface area contributed by atoms with E-state index in [9.17, 15) is 9.59 Å². The highest BCUT2D eigenvalue weighted by molar-refractivity contribution is 5.99. The maximum absolute atomic E-state index is 12.5. The second-order valence-electron chi connectivity index (χ2n) is 6.37. The largest absolute Gasteiger partial charge is 0.444 e. The summed E-state index contributed by atoms with van der Waals surface area (Å²) in [5.74, 6) is -0.172. The van der Waals surface area contributed by atoms with Gasteiger partial charge in [-0.15, -0.1) is 0 Å². The highest BCUT2D eigenvalue weighted by Crippen LogP contribution is 2.44. The van der Waals surface area contributed by atoms with E-state index in [1.54, 1.807) is 0 Å². The molecule has 2 amide bonds. The van der Waals surface area contributed by atoms with Gasteiger partial charge in [0, 0.05) is 0 Å². The molecule has 4 nitrogen and oxygen atoms in total. The topological polar surface area (TPSA) is 46.6 Å². The molecule has 4 heteroatoms. The first-order valence-electron chi connectivity index (χ1n) is 8.18. The van der Waals surface area contributed by atoms with Crippen LogP contribution in [0.2, 0.25) is 0 Å². The van der Waals surface area contributed by atoms with E-state index in [4.69, 9.17) is 4.74 Å². The fraction of sp³-hybridized carbons (Fsp3) is 0.300. The first kappa shape index (κ1) is 16.2. The molecule has 1 heterocycles. The molecule has 2 aromatic carbocycles. The van der Waals surface area contributed by atoms with Gasteiger partial charge in [-0.05, 0) is 17.0 Å². The van der Waals surface area contributed by atoms with E-state index in [1.807, 2.05) is 74.5 Å². The van der Waals surface area contributed by atoms with Crippen molar-refractivity contribution in [2.24, 2.45) is 11.8 Å². The Kier molecular flexibility index (Phi) is 4.65.